The van der Waals surface area contributed by atoms with Gasteiger partial charge in [0.1, 0.15) is 49.9 Å². The van der Waals surface area contributed by atoms with Gasteiger partial charge in [-0.05, 0) is 89.5 Å². The van der Waals surface area contributed by atoms with Crippen molar-refractivity contribution in [2.24, 2.45) is 0 Å². The Bertz CT molecular complexity index is 2660. The zero-order valence-electron chi connectivity index (χ0n) is 40.2. The zero-order valence-corrected chi connectivity index (χ0v) is 40.2. The van der Waals surface area contributed by atoms with Crippen molar-refractivity contribution in [1.29, 1.82) is 0 Å². The number of pyridine rings is 2. The van der Waals surface area contributed by atoms with Gasteiger partial charge in [-0.25, -0.2) is 14.2 Å². The molecule has 0 spiro atoms. The molecular formula is C48H61FN8O13. The molecule has 1 aromatic carbocycles. The molecule has 7 rings (SSSR count). The molecule has 6 atom stereocenters. The number of amides is 6. The Balaban J connectivity index is 0.931. The molecule has 70 heavy (non-hydrogen) atoms. The van der Waals surface area contributed by atoms with E-state index in [0.717, 1.165) is 5.56 Å². The lowest BCUT2D eigenvalue weighted by Gasteiger charge is -2.32. The molecule has 0 radical (unpaired) electrons. The number of ether oxygens (including phenoxy) is 4. The summed E-state index contributed by atoms with van der Waals surface area (Å²) >= 11 is 0. The average Bonchev–Trinajstić information content (AvgIpc) is 3.98. The molecule has 1 fully saturated rings. The second kappa shape index (κ2) is 21.7. The number of hydrogen-bond acceptors (Lipinski definition) is 14. The van der Waals surface area contributed by atoms with E-state index in [0.29, 0.717) is 84.5 Å². The molecule has 1 aliphatic carbocycles. The Morgan fingerprint density at radius 3 is 2.33 bits per heavy atom. The van der Waals surface area contributed by atoms with E-state index in [-0.39, 0.29) is 50.3 Å². The maximum absolute atomic E-state index is 15.4. The van der Waals surface area contributed by atoms with Crippen molar-refractivity contribution in [2.75, 3.05) is 46.3 Å². The fourth-order valence-corrected chi connectivity index (χ4v) is 9.52. The fourth-order valence-electron chi connectivity index (χ4n) is 9.52. The average molecular weight is 977 g/mol. The van der Waals surface area contributed by atoms with Gasteiger partial charge in [-0.1, -0.05) is 6.92 Å². The number of halogens is 1. The van der Waals surface area contributed by atoms with E-state index in [1.807, 2.05) is 6.92 Å². The molecule has 3 aromatic rings. The number of carbonyl (C=O) groups excluding carboxylic acids is 7. The lowest BCUT2D eigenvalue weighted by molar-refractivity contribution is -0.172. The molecule has 0 unspecified atom stereocenters. The van der Waals surface area contributed by atoms with Crippen molar-refractivity contribution >= 4 is 52.3 Å². The number of carbonyl (C=O) groups is 7. The van der Waals surface area contributed by atoms with Crippen LogP contribution in [0.4, 0.5) is 4.39 Å². The third-order valence-electron chi connectivity index (χ3n) is 13.5. The molecule has 6 amide bonds. The number of aromatic nitrogens is 2. The number of nitrogens with zero attached hydrogens (tertiary/aromatic N) is 3. The first-order valence-corrected chi connectivity index (χ1v) is 23.7. The highest BCUT2D eigenvalue weighted by molar-refractivity contribution is 5.96. The van der Waals surface area contributed by atoms with Crippen molar-refractivity contribution in [3.05, 3.63) is 61.7 Å². The van der Waals surface area contributed by atoms with E-state index in [4.69, 9.17) is 23.9 Å². The fraction of sp³-hybridized carbons (Fsp3) is 0.562. The second-order valence-electron chi connectivity index (χ2n) is 18.0. The number of hydrogen-bond donors (Lipinski definition) is 6. The summed E-state index contributed by atoms with van der Waals surface area (Å²) in [6.45, 7) is 10.1. The van der Waals surface area contributed by atoms with Crippen LogP contribution < -0.4 is 32.1 Å². The molecule has 3 aliphatic heterocycles. The Morgan fingerprint density at radius 1 is 0.914 bits per heavy atom. The minimum Gasteiger partial charge on any atom is -0.458 e. The molecule has 22 heteroatoms. The topological polar surface area (TPSA) is 275 Å². The van der Waals surface area contributed by atoms with Gasteiger partial charge in [0.25, 0.3) is 5.56 Å². The standard InChI is InChI=1S/C48H61FN8O13/c1-7-48(66)31-18-36-41-29(20-57(36)46(64)30(31)21-70-47(48)65)40-33(12-11-28-24(3)32(49)19-34(54-41)39(28)40)55-45(63)35-10-9-14-56(35)38(59)22-69-23-50-42(60)25(4)52-44(62)27(6)53-43(61)26(5)51-37(58)13-15-68-17-16-67-8-2/h18-19,25-27,33,35,66H,7-17,20-23H2,1-6H3,(H,50,60)(H,51,58)(H,52,62)(H,53,61)(H,55,63)/t25-,26-,27+,33-,35-,48-/m0/s1. The Kier molecular flexibility index (Phi) is 16.0. The van der Waals surface area contributed by atoms with E-state index >= 15 is 4.39 Å². The SMILES string of the molecule is CCOCCOCCC(=O)N[C@@H](C)C(=O)N[C@H](C)C(=O)N[C@@H](C)C(=O)NCOCC(=O)N1CCC[C@H]1C(=O)N[C@H]1CCc2c(C)c(F)cc3nc4c(c1c23)Cn1c-4cc2c(c1=O)COC(=O)[C@]2(O)CC. The van der Waals surface area contributed by atoms with Gasteiger partial charge in [-0.15, -0.1) is 0 Å². The molecule has 2 aromatic heterocycles. The monoisotopic (exact) mass is 976 g/mol. The van der Waals surface area contributed by atoms with E-state index in [1.165, 1.54) is 36.3 Å². The highest BCUT2D eigenvalue weighted by atomic mass is 19.1. The smallest absolute Gasteiger partial charge is 0.343 e. The van der Waals surface area contributed by atoms with Gasteiger partial charge in [-0.3, -0.25) is 33.6 Å². The van der Waals surface area contributed by atoms with Gasteiger partial charge in [0, 0.05) is 42.2 Å². The third-order valence-corrected chi connectivity index (χ3v) is 13.5. The number of aryl methyl sites for hydroxylation is 1. The molecule has 6 N–H and O–H groups in total. The van der Waals surface area contributed by atoms with Crippen LogP contribution >= 0.6 is 0 Å². The Hall–Kier alpha value is -6.36. The predicted octanol–water partition coefficient (Wildman–Crippen LogP) is 0.669. The summed E-state index contributed by atoms with van der Waals surface area (Å²) in [6.07, 6.45) is 1.70. The Morgan fingerprint density at radius 2 is 1.61 bits per heavy atom. The number of nitrogens with one attached hydrogen (secondary N) is 5. The highest BCUT2D eigenvalue weighted by Crippen LogP contribution is 2.46. The number of esters is 1. The summed E-state index contributed by atoms with van der Waals surface area (Å²) in [7, 11) is 0. The number of aliphatic hydroxyl groups is 1. The largest absolute Gasteiger partial charge is 0.458 e. The van der Waals surface area contributed by atoms with Crippen molar-refractivity contribution in [3.8, 4) is 11.4 Å². The third kappa shape index (κ3) is 10.4. The molecule has 4 aliphatic rings. The maximum Gasteiger partial charge on any atom is 0.343 e. The molecular weight excluding hydrogens is 916 g/mol. The van der Waals surface area contributed by atoms with Crippen molar-refractivity contribution in [2.45, 2.75) is 129 Å². The summed E-state index contributed by atoms with van der Waals surface area (Å²) in [6, 6.07) is -1.61. The van der Waals surface area contributed by atoms with Crippen molar-refractivity contribution < 1.29 is 62.0 Å². The van der Waals surface area contributed by atoms with E-state index in [9.17, 15) is 43.5 Å². The summed E-state index contributed by atoms with van der Waals surface area (Å²) < 4.78 is 38.1. The summed E-state index contributed by atoms with van der Waals surface area (Å²) in [5.74, 6) is -4.54. The second-order valence-corrected chi connectivity index (χ2v) is 18.0. The minimum absolute atomic E-state index is 0.0305. The van der Waals surface area contributed by atoms with E-state index < -0.39 is 102 Å². The van der Waals surface area contributed by atoms with Crippen LogP contribution in [-0.4, -0.2) is 131 Å². The number of rotatable bonds is 20. The van der Waals surface area contributed by atoms with Crippen LogP contribution in [0.15, 0.2) is 16.9 Å². The van der Waals surface area contributed by atoms with Crippen LogP contribution in [0.2, 0.25) is 0 Å². The summed E-state index contributed by atoms with van der Waals surface area (Å²) in [5.41, 5.74) is 1.34. The van der Waals surface area contributed by atoms with E-state index in [1.54, 1.807) is 19.9 Å². The number of cyclic esters (lactones) is 1. The van der Waals surface area contributed by atoms with Crippen molar-refractivity contribution in [3.63, 3.8) is 0 Å². The first kappa shape index (κ1) is 51.5. The van der Waals surface area contributed by atoms with Crippen LogP contribution in [0.3, 0.4) is 0 Å². The van der Waals surface area contributed by atoms with E-state index in [2.05, 4.69) is 26.6 Å². The van der Waals surface area contributed by atoms with Gasteiger partial charge in [0.05, 0.1) is 54.9 Å². The van der Waals surface area contributed by atoms with Crippen LogP contribution in [0, 0.1) is 12.7 Å². The van der Waals surface area contributed by atoms with Crippen LogP contribution in [0.5, 0.6) is 0 Å². The van der Waals surface area contributed by atoms with Crippen LogP contribution in [-0.2, 0) is 77.7 Å². The zero-order chi connectivity index (χ0) is 50.6. The normalized spacial score (nSPS) is 20.1. The maximum atomic E-state index is 15.4. The number of fused-ring (bicyclic) bond motifs is 5. The number of likely N-dealkylation sites (tertiary alicyclic amines) is 1. The molecule has 5 heterocycles. The summed E-state index contributed by atoms with van der Waals surface area (Å²) in [5, 5.41) is 25.3. The minimum atomic E-state index is -2.04. The number of benzene rings is 1. The van der Waals surface area contributed by atoms with Gasteiger partial charge >= 0.3 is 5.97 Å². The first-order valence-electron chi connectivity index (χ1n) is 23.7. The molecule has 1 saturated heterocycles. The van der Waals surface area contributed by atoms with Crippen molar-refractivity contribution in [1.82, 2.24) is 41.0 Å². The molecule has 0 saturated carbocycles. The van der Waals surface area contributed by atoms with Gasteiger partial charge in [0.15, 0.2) is 5.60 Å². The van der Waals surface area contributed by atoms with Crippen LogP contribution in [0.25, 0.3) is 22.3 Å². The Labute approximate surface area is 402 Å². The molecule has 378 valence electrons. The lowest BCUT2D eigenvalue weighted by Crippen LogP contribution is -2.54. The molecule has 0 bridgehead atoms. The van der Waals surface area contributed by atoms with Gasteiger partial charge < -0.3 is 60.1 Å². The summed E-state index contributed by atoms with van der Waals surface area (Å²) in [4.78, 5) is 111. The predicted molar refractivity (Wildman–Crippen MR) is 247 cm³/mol. The van der Waals surface area contributed by atoms with Gasteiger partial charge in [0.2, 0.25) is 35.4 Å². The quantitative estimate of drug-likeness (QED) is 0.0404. The molecule has 21 nitrogen and oxygen atoms in total. The lowest BCUT2D eigenvalue weighted by atomic mass is 9.81. The van der Waals surface area contributed by atoms with Gasteiger partial charge in [-0.2, -0.15) is 0 Å². The van der Waals surface area contributed by atoms with Crippen LogP contribution in [0.1, 0.15) is 106 Å². The first-order chi connectivity index (χ1) is 33.4. The highest BCUT2D eigenvalue weighted by Gasteiger charge is 2.46.